The monoisotopic (exact) mass is 357 g/mol. The molecule has 0 saturated carbocycles. The van der Waals surface area contributed by atoms with E-state index in [-0.39, 0.29) is 5.97 Å². The van der Waals surface area contributed by atoms with Crippen molar-refractivity contribution in [2.24, 2.45) is 0 Å². The lowest BCUT2D eigenvalue weighted by molar-refractivity contribution is -0.140. The molecule has 0 saturated heterocycles. The number of methoxy groups -OCH3 is 1. The smallest absolute Gasteiger partial charge is 0.305 e. The predicted octanol–water partition coefficient (Wildman–Crippen LogP) is 5.82. The second-order valence-corrected chi connectivity index (χ2v) is 6.02. The molecule has 4 heteroatoms. The predicted molar refractivity (Wildman–Crippen MR) is 107 cm³/mol. The minimum atomic E-state index is -0.198. The van der Waals surface area contributed by atoms with E-state index in [0.717, 1.165) is 17.7 Å². The van der Waals surface area contributed by atoms with E-state index in [2.05, 4.69) is 35.0 Å². The van der Waals surface area contributed by atoms with E-state index in [4.69, 9.17) is 4.52 Å². The van der Waals surface area contributed by atoms with Crippen LogP contribution in [0.1, 0.15) is 63.1 Å². The summed E-state index contributed by atoms with van der Waals surface area (Å²) >= 11 is 0. The summed E-state index contributed by atoms with van der Waals surface area (Å²) in [5.74, 6) is -0.198. The first kappa shape index (κ1) is 21.7. The number of hydrogen-bond acceptors (Lipinski definition) is 4. The van der Waals surface area contributed by atoms with Crippen molar-refractivity contribution in [1.82, 2.24) is 5.16 Å². The van der Waals surface area contributed by atoms with Crippen molar-refractivity contribution in [3.8, 4) is 0 Å². The van der Waals surface area contributed by atoms with Crippen LogP contribution in [0.3, 0.4) is 0 Å². The van der Waals surface area contributed by atoms with E-state index in [1.807, 2.05) is 30.4 Å². The molecule has 1 aromatic rings. The molecule has 0 amide bonds. The van der Waals surface area contributed by atoms with Crippen LogP contribution in [0.25, 0.3) is 6.08 Å². The van der Waals surface area contributed by atoms with Gasteiger partial charge in [-0.3, -0.25) is 4.79 Å². The second kappa shape index (κ2) is 14.9. The molecule has 0 N–H and O–H groups in total. The summed E-state index contributed by atoms with van der Waals surface area (Å²) in [6.45, 7) is 2.22. The van der Waals surface area contributed by atoms with Gasteiger partial charge in [0.1, 0.15) is 6.26 Å². The average Bonchev–Trinajstić information content (AvgIpc) is 3.09. The molecule has 0 aliphatic heterocycles. The zero-order chi connectivity index (χ0) is 18.9. The van der Waals surface area contributed by atoms with Crippen LogP contribution in [0, 0.1) is 0 Å². The number of aromatic nitrogens is 1. The van der Waals surface area contributed by atoms with Crippen molar-refractivity contribution < 1.29 is 14.1 Å². The van der Waals surface area contributed by atoms with Crippen LogP contribution >= 0.6 is 0 Å². The van der Waals surface area contributed by atoms with Crippen molar-refractivity contribution >= 4 is 12.0 Å². The number of esters is 1. The fraction of sp³-hybridized carbons (Fsp3) is 0.455. The molecule has 1 rings (SSSR count). The normalized spacial score (nSPS) is 12.2. The van der Waals surface area contributed by atoms with Gasteiger partial charge in [0, 0.05) is 12.0 Å². The molecule has 0 aliphatic carbocycles. The lowest BCUT2D eigenvalue weighted by atomic mass is 10.1. The van der Waals surface area contributed by atoms with E-state index in [1.54, 1.807) is 6.26 Å². The Labute approximate surface area is 157 Å². The van der Waals surface area contributed by atoms with Gasteiger partial charge < -0.3 is 9.26 Å². The highest BCUT2D eigenvalue weighted by molar-refractivity contribution is 5.69. The Morgan fingerprint density at radius 3 is 2.77 bits per heavy atom. The molecule has 4 nitrogen and oxygen atoms in total. The maximum Gasteiger partial charge on any atom is 0.305 e. The number of carbonyl (C=O) groups is 1. The second-order valence-electron chi connectivity index (χ2n) is 6.02. The van der Waals surface area contributed by atoms with Gasteiger partial charge in [0.05, 0.1) is 12.8 Å². The summed E-state index contributed by atoms with van der Waals surface area (Å²) < 4.78 is 9.66. The SMILES string of the molecule is CCCCC/C=C\C\C=C/C=C/C=C/c1conc1CCCC(=O)OC. The maximum atomic E-state index is 11.1. The van der Waals surface area contributed by atoms with Crippen LogP contribution in [0.5, 0.6) is 0 Å². The highest BCUT2D eigenvalue weighted by atomic mass is 16.5. The van der Waals surface area contributed by atoms with Crippen molar-refractivity contribution in [2.75, 3.05) is 7.11 Å². The standard InChI is InChI=1S/C22H31NO3/c1-3-4-5-6-7-8-9-10-11-12-13-14-16-20-19-26-23-21(20)17-15-18-22(24)25-2/h7-8,10-14,16,19H,3-6,9,15,17-18H2,1-2H3/b8-7-,11-10-,13-12+,16-14+. The Morgan fingerprint density at radius 1 is 1.12 bits per heavy atom. The fourth-order valence-electron chi connectivity index (χ4n) is 2.34. The molecule has 0 unspecified atom stereocenters. The lowest BCUT2D eigenvalue weighted by Gasteiger charge is -1.98. The van der Waals surface area contributed by atoms with Crippen LogP contribution in [0.4, 0.5) is 0 Å². The molecule has 142 valence electrons. The highest BCUT2D eigenvalue weighted by Gasteiger charge is 2.06. The van der Waals surface area contributed by atoms with Gasteiger partial charge in [0.2, 0.25) is 0 Å². The fourth-order valence-corrected chi connectivity index (χ4v) is 2.34. The number of carbonyl (C=O) groups excluding carboxylic acids is 1. The zero-order valence-corrected chi connectivity index (χ0v) is 16.0. The molecular formula is C22H31NO3. The number of allylic oxidation sites excluding steroid dienone is 7. The Kier molecular flexibility index (Phi) is 12.5. The summed E-state index contributed by atoms with van der Waals surface area (Å²) in [5.41, 5.74) is 1.81. The molecule has 0 radical (unpaired) electrons. The van der Waals surface area contributed by atoms with Gasteiger partial charge in [-0.1, -0.05) is 67.5 Å². The number of rotatable bonds is 13. The van der Waals surface area contributed by atoms with E-state index in [9.17, 15) is 4.79 Å². The Hall–Kier alpha value is -2.36. The molecular weight excluding hydrogens is 326 g/mol. The minimum Gasteiger partial charge on any atom is -0.469 e. The van der Waals surface area contributed by atoms with Gasteiger partial charge in [-0.2, -0.15) is 0 Å². The van der Waals surface area contributed by atoms with Crippen LogP contribution < -0.4 is 0 Å². The van der Waals surface area contributed by atoms with Crippen molar-refractivity contribution in [3.05, 3.63) is 60.1 Å². The first-order valence-electron chi connectivity index (χ1n) is 9.42. The van der Waals surface area contributed by atoms with Crippen LogP contribution in [-0.4, -0.2) is 18.2 Å². The Balaban J connectivity index is 2.27. The number of hydrogen-bond donors (Lipinski definition) is 0. The molecule has 1 aromatic heterocycles. The van der Waals surface area contributed by atoms with Crippen molar-refractivity contribution in [1.29, 1.82) is 0 Å². The van der Waals surface area contributed by atoms with Gasteiger partial charge in [-0.05, 0) is 38.2 Å². The summed E-state index contributed by atoms with van der Waals surface area (Å²) in [7, 11) is 1.40. The zero-order valence-electron chi connectivity index (χ0n) is 16.0. The van der Waals surface area contributed by atoms with E-state index in [1.165, 1.54) is 32.8 Å². The lowest BCUT2D eigenvalue weighted by Crippen LogP contribution is -2.01. The molecule has 0 aliphatic rings. The van der Waals surface area contributed by atoms with Crippen LogP contribution in [0.2, 0.25) is 0 Å². The minimum absolute atomic E-state index is 0.198. The van der Waals surface area contributed by atoms with E-state index in [0.29, 0.717) is 19.3 Å². The van der Waals surface area contributed by atoms with Crippen molar-refractivity contribution in [2.45, 2.75) is 58.3 Å². The Morgan fingerprint density at radius 2 is 1.96 bits per heavy atom. The number of unbranched alkanes of at least 4 members (excludes halogenated alkanes) is 3. The number of nitrogens with zero attached hydrogens (tertiary/aromatic N) is 1. The van der Waals surface area contributed by atoms with Gasteiger partial charge in [0.25, 0.3) is 0 Å². The van der Waals surface area contributed by atoms with Crippen molar-refractivity contribution in [3.63, 3.8) is 0 Å². The molecule has 1 heterocycles. The highest BCUT2D eigenvalue weighted by Crippen LogP contribution is 2.12. The first-order valence-corrected chi connectivity index (χ1v) is 9.42. The molecule has 26 heavy (non-hydrogen) atoms. The van der Waals surface area contributed by atoms with Crippen LogP contribution in [-0.2, 0) is 16.0 Å². The first-order chi connectivity index (χ1) is 12.8. The number of aryl methyl sites for hydroxylation is 1. The van der Waals surface area contributed by atoms with Crippen LogP contribution in [0.15, 0.2) is 53.3 Å². The largest absolute Gasteiger partial charge is 0.469 e. The average molecular weight is 357 g/mol. The third-order valence-electron chi connectivity index (χ3n) is 3.86. The topological polar surface area (TPSA) is 52.3 Å². The molecule has 0 spiro atoms. The molecule has 0 atom stereocenters. The molecule has 0 bridgehead atoms. The summed E-state index contributed by atoms with van der Waals surface area (Å²) in [6, 6.07) is 0. The summed E-state index contributed by atoms with van der Waals surface area (Å²) in [5, 5.41) is 3.99. The Bertz CT molecular complexity index is 609. The van der Waals surface area contributed by atoms with E-state index >= 15 is 0 Å². The quantitative estimate of drug-likeness (QED) is 0.193. The number of ether oxygens (including phenoxy) is 1. The molecule has 0 aromatic carbocycles. The third-order valence-corrected chi connectivity index (χ3v) is 3.86. The van der Waals surface area contributed by atoms with Gasteiger partial charge in [-0.25, -0.2) is 0 Å². The van der Waals surface area contributed by atoms with E-state index < -0.39 is 0 Å². The molecule has 0 fully saturated rings. The van der Waals surface area contributed by atoms with Gasteiger partial charge in [0.15, 0.2) is 0 Å². The van der Waals surface area contributed by atoms with Gasteiger partial charge in [-0.15, -0.1) is 0 Å². The third kappa shape index (κ3) is 10.5. The van der Waals surface area contributed by atoms with Gasteiger partial charge >= 0.3 is 5.97 Å². The summed E-state index contributed by atoms with van der Waals surface area (Å²) in [4.78, 5) is 11.1. The summed E-state index contributed by atoms with van der Waals surface area (Å²) in [6.07, 6.45) is 26.0. The maximum absolute atomic E-state index is 11.1.